The van der Waals surface area contributed by atoms with Gasteiger partial charge in [-0.15, -0.1) is 0 Å². The molecule has 1 aliphatic heterocycles. The van der Waals surface area contributed by atoms with Gasteiger partial charge < -0.3 is 10.6 Å². The van der Waals surface area contributed by atoms with Crippen molar-refractivity contribution >= 4 is 5.91 Å². The normalized spacial score (nSPS) is 33.2. The highest BCUT2D eigenvalue weighted by Crippen LogP contribution is 2.40. The molecular weight excluding hydrogens is 248 g/mol. The van der Waals surface area contributed by atoms with Gasteiger partial charge in [-0.3, -0.25) is 4.79 Å². The highest BCUT2D eigenvalue weighted by molar-refractivity contribution is 5.79. The van der Waals surface area contributed by atoms with E-state index in [-0.39, 0.29) is 12.0 Å². The molecular formula is C17H32N2O. The average molecular weight is 280 g/mol. The number of rotatable bonds is 2. The first kappa shape index (κ1) is 15.8. The summed E-state index contributed by atoms with van der Waals surface area (Å²) in [5.41, 5.74) is 6.36. The highest BCUT2D eigenvalue weighted by Gasteiger charge is 2.36. The molecule has 3 heteroatoms. The van der Waals surface area contributed by atoms with Crippen LogP contribution in [-0.4, -0.2) is 29.9 Å². The molecule has 2 unspecified atom stereocenters. The zero-order valence-electron chi connectivity index (χ0n) is 13.7. The third-order valence-electron chi connectivity index (χ3n) is 5.58. The minimum Gasteiger partial charge on any atom is -0.342 e. The predicted molar refractivity (Wildman–Crippen MR) is 83.2 cm³/mol. The van der Waals surface area contributed by atoms with Gasteiger partial charge in [0.15, 0.2) is 0 Å². The van der Waals surface area contributed by atoms with E-state index in [9.17, 15) is 4.79 Å². The Labute approximate surface area is 124 Å². The van der Waals surface area contributed by atoms with Crippen molar-refractivity contribution in [2.75, 3.05) is 13.1 Å². The Morgan fingerprint density at radius 2 is 1.75 bits per heavy atom. The number of carbonyl (C=O) groups excluding carboxylic acids is 1. The monoisotopic (exact) mass is 280 g/mol. The molecule has 0 radical (unpaired) electrons. The van der Waals surface area contributed by atoms with Crippen LogP contribution in [0.3, 0.4) is 0 Å². The summed E-state index contributed by atoms with van der Waals surface area (Å²) in [6.45, 7) is 10.8. The van der Waals surface area contributed by atoms with Crippen molar-refractivity contribution in [3.8, 4) is 0 Å². The number of nitrogens with two attached hydrogens (primary N) is 1. The summed E-state index contributed by atoms with van der Waals surface area (Å²) < 4.78 is 0. The second kappa shape index (κ2) is 6.05. The van der Waals surface area contributed by atoms with E-state index in [1.807, 2.05) is 0 Å². The number of carbonyl (C=O) groups is 1. The molecule has 1 saturated heterocycles. The maximum Gasteiger partial charge on any atom is 0.225 e. The third kappa shape index (κ3) is 3.55. The Bertz CT molecular complexity index is 337. The van der Waals surface area contributed by atoms with Crippen LogP contribution >= 0.6 is 0 Å². The SMILES string of the molecule is CC(N)C1CCN(C(=O)C2CCC(C(C)(C)C)CC2)C1. The molecule has 2 fully saturated rings. The van der Waals surface area contributed by atoms with Crippen molar-refractivity contribution in [1.82, 2.24) is 4.90 Å². The van der Waals surface area contributed by atoms with Gasteiger partial charge in [0, 0.05) is 25.0 Å². The zero-order valence-corrected chi connectivity index (χ0v) is 13.7. The smallest absolute Gasteiger partial charge is 0.225 e. The molecule has 2 atom stereocenters. The summed E-state index contributed by atoms with van der Waals surface area (Å²) in [5, 5.41) is 0. The first-order chi connectivity index (χ1) is 9.29. The second-order valence-electron chi connectivity index (χ2n) is 8.11. The number of hydrogen-bond donors (Lipinski definition) is 1. The van der Waals surface area contributed by atoms with Gasteiger partial charge in [-0.25, -0.2) is 0 Å². The van der Waals surface area contributed by atoms with Crippen LogP contribution < -0.4 is 5.73 Å². The molecule has 20 heavy (non-hydrogen) atoms. The van der Waals surface area contributed by atoms with Crippen LogP contribution in [0.2, 0.25) is 0 Å². The fourth-order valence-electron chi connectivity index (χ4n) is 3.88. The van der Waals surface area contributed by atoms with Gasteiger partial charge in [0.05, 0.1) is 0 Å². The van der Waals surface area contributed by atoms with Crippen molar-refractivity contribution in [3.05, 3.63) is 0 Å². The van der Waals surface area contributed by atoms with Gasteiger partial charge >= 0.3 is 0 Å². The van der Waals surface area contributed by atoms with Crippen molar-refractivity contribution in [2.24, 2.45) is 28.9 Å². The lowest BCUT2D eigenvalue weighted by molar-refractivity contribution is -0.136. The Morgan fingerprint density at radius 1 is 1.15 bits per heavy atom. The molecule has 0 aromatic heterocycles. The first-order valence-electron chi connectivity index (χ1n) is 8.33. The summed E-state index contributed by atoms with van der Waals surface area (Å²) in [6, 6.07) is 0.212. The van der Waals surface area contributed by atoms with E-state index in [1.165, 1.54) is 12.8 Å². The third-order valence-corrected chi connectivity index (χ3v) is 5.58. The molecule has 0 aromatic carbocycles. The van der Waals surface area contributed by atoms with Gasteiger partial charge in [0.1, 0.15) is 0 Å². The van der Waals surface area contributed by atoms with E-state index in [1.54, 1.807) is 0 Å². The molecule has 2 rings (SSSR count). The molecule has 1 heterocycles. The topological polar surface area (TPSA) is 46.3 Å². The molecule has 2 aliphatic rings. The Hall–Kier alpha value is -0.570. The molecule has 0 spiro atoms. The van der Waals surface area contributed by atoms with E-state index in [0.29, 0.717) is 17.2 Å². The van der Waals surface area contributed by atoms with Crippen molar-refractivity contribution in [3.63, 3.8) is 0 Å². The number of likely N-dealkylation sites (tertiary alicyclic amines) is 1. The summed E-state index contributed by atoms with van der Waals surface area (Å²) in [7, 11) is 0. The Morgan fingerprint density at radius 3 is 2.20 bits per heavy atom. The molecule has 3 nitrogen and oxygen atoms in total. The van der Waals surface area contributed by atoms with Gasteiger partial charge in [-0.05, 0) is 56.3 Å². The van der Waals surface area contributed by atoms with Gasteiger partial charge in [-0.1, -0.05) is 20.8 Å². The minimum atomic E-state index is 0.212. The molecule has 1 aliphatic carbocycles. The van der Waals surface area contributed by atoms with Crippen LogP contribution in [0.5, 0.6) is 0 Å². The highest BCUT2D eigenvalue weighted by atomic mass is 16.2. The van der Waals surface area contributed by atoms with Crippen LogP contribution in [0.4, 0.5) is 0 Å². The van der Waals surface area contributed by atoms with Gasteiger partial charge in [-0.2, -0.15) is 0 Å². The molecule has 116 valence electrons. The molecule has 1 saturated carbocycles. The van der Waals surface area contributed by atoms with Crippen LogP contribution in [0.25, 0.3) is 0 Å². The fourth-order valence-corrected chi connectivity index (χ4v) is 3.88. The van der Waals surface area contributed by atoms with E-state index >= 15 is 0 Å². The van der Waals surface area contributed by atoms with Crippen LogP contribution in [0, 0.1) is 23.2 Å². The maximum absolute atomic E-state index is 12.6. The Balaban J connectivity index is 1.84. The van der Waals surface area contributed by atoms with Crippen molar-refractivity contribution in [1.29, 1.82) is 0 Å². The molecule has 0 bridgehead atoms. The van der Waals surface area contributed by atoms with Gasteiger partial charge in [0.25, 0.3) is 0 Å². The van der Waals surface area contributed by atoms with E-state index in [2.05, 4.69) is 32.6 Å². The summed E-state index contributed by atoms with van der Waals surface area (Å²) >= 11 is 0. The number of hydrogen-bond acceptors (Lipinski definition) is 2. The number of nitrogens with zero attached hydrogens (tertiary/aromatic N) is 1. The second-order valence-corrected chi connectivity index (χ2v) is 8.11. The molecule has 1 amide bonds. The van der Waals surface area contributed by atoms with Crippen LogP contribution in [0.1, 0.15) is 59.8 Å². The van der Waals surface area contributed by atoms with E-state index < -0.39 is 0 Å². The maximum atomic E-state index is 12.6. The van der Waals surface area contributed by atoms with Gasteiger partial charge in [0.2, 0.25) is 5.91 Å². The van der Waals surface area contributed by atoms with Crippen LogP contribution in [0.15, 0.2) is 0 Å². The largest absolute Gasteiger partial charge is 0.342 e. The number of amides is 1. The minimum absolute atomic E-state index is 0.212. The van der Waals surface area contributed by atoms with Crippen molar-refractivity contribution in [2.45, 2.75) is 65.8 Å². The lowest BCUT2D eigenvalue weighted by Crippen LogP contribution is -2.38. The van der Waals surface area contributed by atoms with Crippen LogP contribution in [-0.2, 0) is 4.79 Å². The van der Waals surface area contributed by atoms with E-state index in [4.69, 9.17) is 5.73 Å². The first-order valence-corrected chi connectivity index (χ1v) is 8.33. The summed E-state index contributed by atoms with van der Waals surface area (Å²) in [6.07, 6.45) is 5.68. The molecule has 2 N–H and O–H groups in total. The standard InChI is InChI=1S/C17H32N2O/c1-12(18)14-9-10-19(11-14)16(20)13-5-7-15(8-6-13)17(2,3)4/h12-15H,5-11,18H2,1-4H3. The lowest BCUT2D eigenvalue weighted by atomic mass is 9.69. The lowest BCUT2D eigenvalue weighted by Gasteiger charge is -2.37. The average Bonchev–Trinajstić information content (AvgIpc) is 2.86. The Kier molecular flexibility index (Phi) is 4.78. The summed E-state index contributed by atoms with van der Waals surface area (Å²) in [5.74, 6) is 1.97. The van der Waals surface area contributed by atoms with Crippen molar-refractivity contribution < 1.29 is 4.79 Å². The summed E-state index contributed by atoms with van der Waals surface area (Å²) in [4.78, 5) is 14.7. The molecule has 0 aromatic rings. The quantitative estimate of drug-likeness (QED) is 0.845. The predicted octanol–water partition coefficient (Wildman–Crippen LogP) is 3.03. The fraction of sp³-hybridized carbons (Fsp3) is 0.941. The van der Waals surface area contributed by atoms with E-state index in [0.717, 1.165) is 38.3 Å². The zero-order chi connectivity index (χ0) is 14.9.